The molecule has 1 aromatic carbocycles. The minimum absolute atomic E-state index is 0.00123. The number of hydrogen-bond acceptors (Lipinski definition) is 2. The molecule has 0 unspecified atom stereocenters. The van der Waals surface area contributed by atoms with Crippen LogP contribution in [0.1, 0.15) is 65.0 Å². The van der Waals surface area contributed by atoms with Gasteiger partial charge in [-0.1, -0.05) is 32.4 Å². The second-order valence-electron chi connectivity index (χ2n) is 9.03. The number of carbonyl (C=O) groups is 1. The summed E-state index contributed by atoms with van der Waals surface area (Å²) in [6.07, 6.45) is 5.23. The molecular formula is C23H36N2O. The standard InChI is InChI=1S/C23H36N2O/c1-8-16(2)19-9-11-25(12-10-19)20-13-17(3)22(18(4)14-20)24-21(26)15-23(5,6)7/h8,13-14,19H,9-12,15H2,1-7H3,(H,24,26). The molecule has 3 heteroatoms. The molecule has 1 N–H and O–H groups in total. The number of allylic oxidation sites excluding steroid dienone is 2. The third-order valence-electron chi connectivity index (χ3n) is 5.43. The van der Waals surface area contributed by atoms with Crippen LogP contribution in [0.2, 0.25) is 0 Å². The number of amides is 1. The van der Waals surface area contributed by atoms with Gasteiger partial charge in [0.05, 0.1) is 0 Å². The molecule has 0 aromatic heterocycles. The zero-order valence-corrected chi connectivity index (χ0v) is 17.7. The van der Waals surface area contributed by atoms with Crippen LogP contribution in [0.5, 0.6) is 0 Å². The van der Waals surface area contributed by atoms with E-state index in [0.29, 0.717) is 6.42 Å². The molecule has 0 bridgehead atoms. The topological polar surface area (TPSA) is 32.3 Å². The molecule has 26 heavy (non-hydrogen) atoms. The number of anilines is 2. The van der Waals surface area contributed by atoms with Gasteiger partial charge >= 0.3 is 0 Å². The third kappa shape index (κ3) is 5.36. The van der Waals surface area contributed by atoms with Crippen LogP contribution in [0.25, 0.3) is 0 Å². The van der Waals surface area contributed by atoms with Crippen molar-refractivity contribution >= 4 is 17.3 Å². The Balaban J connectivity index is 2.09. The summed E-state index contributed by atoms with van der Waals surface area (Å²) in [7, 11) is 0. The van der Waals surface area contributed by atoms with Crippen molar-refractivity contribution < 1.29 is 4.79 Å². The lowest BCUT2D eigenvalue weighted by molar-refractivity contribution is -0.117. The van der Waals surface area contributed by atoms with E-state index in [1.807, 2.05) is 0 Å². The highest BCUT2D eigenvalue weighted by atomic mass is 16.1. The first-order chi connectivity index (χ1) is 12.1. The lowest BCUT2D eigenvalue weighted by atomic mass is 9.89. The molecule has 0 saturated carbocycles. The Morgan fingerprint density at radius 2 is 1.73 bits per heavy atom. The Morgan fingerprint density at radius 1 is 1.19 bits per heavy atom. The largest absolute Gasteiger partial charge is 0.371 e. The molecule has 0 aliphatic carbocycles. The molecule has 0 radical (unpaired) electrons. The van der Waals surface area contributed by atoms with Crippen LogP contribution in [0.3, 0.4) is 0 Å². The summed E-state index contributed by atoms with van der Waals surface area (Å²) in [6.45, 7) is 17.1. The number of benzene rings is 1. The molecule has 1 fully saturated rings. The summed E-state index contributed by atoms with van der Waals surface area (Å²) in [4.78, 5) is 14.8. The summed E-state index contributed by atoms with van der Waals surface area (Å²) in [6, 6.07) is 4.45. The second kappa shape index (κ2) is 8.28. The Morgan fingerprint density at radius 3 is 2.19 bits per heavy atom. The number of nitrogens with zero attached hydrogens (tertiary/aromatic N) is 1. The predicted octanol–water partition coefficient (Wildman–Crippen LogP) is 5.86. The van der Waals surface area contributed by atoms with Gasteiger partial charge in [0.2, 0.25) is 5.91 Å². The number of carbonyl (C=O) groups excluding carboxylic acids is 1. The first-order valence-corrected chi connectivity index (χ1v) is 9.89. The van der Waals surface area contributed by atoms with E-state index in [1.165, 1.54) is 24.1 Å². The minimum Gasteiger partial charge on any atom is -0.371 e. The van der Waals surface area contributed by atoms with Crippen molar-refractivity contribution in [3.63, 3.8) is 0 Å². The van der Waals surface area contributed by atoms with E-state index < -0.39 is 0 Å². The fourth-order valence-corrected chi connectivity index (χ4v) is 3.81. The number of aryl methyl sites for hydroxylation is 2. The molecule has 1 aliphatic rings. The Kier molecular flexibility index (Phi) is 6.54. The maximum Gasteiger partial charge on any atom is 0.224 e. The molecule has 1 aliphatic heterocycles. The van der Waals surface area contributed by atoms with E-state index in [2.05, 4.69) is 76.9 Å². The molecule has 2 rings (SSSR count). The molecule has 0 atom stereocenters. The third-order valence-corrected chi connectivity index (χ3v) is 5.43. The van der Waals surface area contributed by atoms with Gasteiger partial charge in [-0.25, -0.2) is 0 Å². The highest BCUT2D eigenvalue weighted by Gasteiger charge is 2.22. The molecule has 3 nitrogen and oxygen atoms in total. The Hall–Kier alpha value is -1.77. The second-order valence-corrected chi connectivity index (χ2v) is 9.03. The molecule has 1 amide bonds. The van der Waals surface area contributed by atoms with Crippen LogP contribution in [-0.2, 0) is 4.79 Å². The normalized spacial score (nSPS) is 16.7. The highest BCUT2D eigenvalue weighted by molar-refractivity contribution is 5.93. The van der Waals surface area contributed by atoms with Gasteiger partial charge in [0.15, 0.2) is 0 Å². The first-order valence-electron chi connectivity index (χ1n) is 9.89. The summed E-state index contributed by atoms with van der Waals surface area (Å²) >= 11 is 0. The average Bonchev–Trinajstić information content (AvgIpc) is 2.55. The summed E-state index contributed by atoms with van der Waals surface area (Å²) in [5.74, 6) is 0.827. The maximum atomic E-state index is 12.3. The fourth-order valence-electron chi connectivity index (χ4n) is 3.81. The summed E-state index contributed by atoms with van der Waals surface area (Å²) in [5, 5.41) is 3.13. The van der Waals surface area contributed by atoms with Crippen LogP contribution in [0, 0.1) is 25.2 Å². The van der Waals surface area contributed by atoms with Crippen molar-refractivity contribution in [1.29, 1.82) is 0 Å². The van der Waals surface area contributed by atoms with E-state index >= 15 is 0 Å². The van der Waals surface area contributed by atoms with Gasteiger partial charge in [0.25, 0.3) is 0 Å². The molecule has 1 heterocycles. The van der Waals surface area contributed by atoms with Crippen molar-refractivity contribution in [3.05, 3.63) is 34.9 Å². The summed E-state index contributed by atoms with van der Waals surface area (Å²) in [5.41, 5.74) is 6.08. The number of piperidine rings is 1. The minimum atomic E-state index is 0.00123. The van der Waals surface area contributed by atoms with Gasteiger partial charge in [0.1, 0.15) is 0 Å². The molecule has 0 spiro atoms. The molecular weight excluding hydrogens is 320 g/mol. The van der Waals surface area contributed by atoms with Crippen molar-refractivity contribution in [1.82, 2.24) is 0 Å². The monoisotopic (exact) mass is 356 g/mol. The van der Waals surface area contributed by atoms with Gasteiger partial charge in [-0.3, -0.25) is 4.79 Å². The SMILES string of the molecule is CC=C(C)C1CCN(c2cc(C)c(NC(=O)CC(C)(C)C)c(C)c2)CC1. The van der Waals surface area contributed by atoms with E-state index in [9.17, 15) is 4.79 Å². The van der Waals surface area contributed by atoms with Gasteiger partial charge < -0.3 is 10.2 Å². The smallest absolute Gasteiger partial charge is 0.224 e. The molecule has 1 saturated heterocycles. The Bertz CT molecular complexity index is 651. The van der Waals surface area contributed by atoms with Crippen molar-refractivity contribution in [3.8, 4) is 0 Å². The zero-order chi connectivity index (χ0) is 19.5. The fraction of sp³-hybridized carbons (Fsp3) is 0.609. The van der Waals surface area contributed by atoms with Gasteiger partial charge in [-0.15, -0.1) is 0 Å². The van der Waals surface area contributed by atoms with E-state index in [0.717, 1.165) is 35.8 Å². The lowest BCUT2D eigenvalue weighted by Crippen LogP contribution is -2.34. The number of rotatable bonds is 4. The quantitative estimate of drug-likeness (QED) is 0.685. The van der Waals surface area contributed by atoms with Crippen molar-refractivity contribution in [2.75, 3.05) is 23.3 Å². The summed E-state index contributed by atoms with van der Waals surface area (Å²) < 4.78 is 0. The zero-order valence-electron chi connectivity index (χ0n) is 17.7. The van der Waals surface area contributed by atoms with E-state index in [1.54, 1.807) is 0 Å². The highest BCUT2D eigenvalue weighted by Crippen LogP contribution is 2.32. The van der Waals surface area contributed by atoms with Crippen LogP contribution in [-0.4, -0.2) is 19.0 Å². The molecule has 1 aromatic rings. The lowest BCUT2D eigenvalue weighted by Gasteiger charge is -2.34. The molecule has 144 valence electrons. The van der Waals surface area contributed by atoms with Gasteiger partial charge in [-0.2, -0.15) is 0 Å². The van der Waals surface area contributed by atoms with Gasteiger partial charge in [0, 0.05) is 30.9 Å². The van der Waals surface area contributed by atoms with Crippen molar-refractivity contribution in [2.24, 2.45) is 11.3 Å². The van der Waals surface area contributed by atoms with Crippen molar-refractivity contribution in [2.45, 2.75) is 67.7 Å². The van der Waals surface area contributed by atoms with Crippen LogP contribution >= 0.6 is 0 Å². The van der Waals surface area contributed by atoms with Crippen LogP contribution in [0.15, 0.2) is 23.8 Å². The number of nitrogens with one attached hydrogen (secondary N) is 1. The van der Waals surface area contributed by atoms with E-state index in [-0.39, 0.29) is 11.3 Å². The Labute approximate surface area is 159 Å². The van der Waals surface area contributed by atoms with Crippen LogP contribution in [0.4, 0.5) is 11.4 Å². The predicted molar refractivity (Wildman–Crippen MR) is 113 cm³/mol. The maximum absolute atomic E-state index is 12.3. The van der Waals surface area contributed by atoms with Crippen LogP contribution < -0.4 is 10.2 Å². The van der Waals surface area contributed by atoms with Gasteiger partial charge in [-0.05, 0) is 75.1 Å². The van der Waals surface area contributed by atoms with E-state index in [4.69, 9.17) is 0 Å². The first kappa shape index (κ1) is 20.5. The average molecular weight is 357 g/mol. The number of hydrogen-bond donors (Lipinski definition) is 1.